The zero-order valence-corrected chi connectivity index (χ0v) is 12.2. The first-order chi connectivity index (χ1) is 10.5. The highest BCUT2D eigenvalue weighted by molar-refractivity contribution is 5.81. The summed E-state index contributed by atoms with van der Waals surface area (Å²) in [5, 5.41) is 0. The molecule has 2 N–H and O–H groups in total. The number of Topliss-reactive ketones (excluding diaryl/α,β-unsaturated/α-hetero) is 1. The number of halogens is 1. The van der Waals surface area contributed by atoms with E-state index in [9.17, 15) is 9.18 Å². The smallest absolute Gasteiger partial charge is 0.141 e. The minimum atomic E-state index is -0.326. The summed E-state index contributed by atoms with van der Waals surface area (Å²) in [4.78, 5) is 15.8. The Balaban J connectivity index is 2.16. The molecule has 1 heterocycles. The van der Waals surface area contributed by atoms with Crippen LogP contribution in [0.15, 0.2) is 42.5 Å². The highest BCUT2D eigenvalue weighted by atomic mass is 19.1. The van der Waals surface area contributed by atoms with E-state index in [-0.39, 0.29) is 11.6 Å². The van der Waals surface area contributed by atoms with Crippen molar-refractivity contribution in [3.63, 3.8) is 0 Å². The van der Waals surface area contributed by atoms with Gasteiger partial charge in [0.1, 0.15) is 17.4 Å². The molecule has 22 heavy (non-hydrogen) atoms. The Morgan fingerprint density at radius 2 is 1.95 bits per heavy atom. The summed E-state index contributed by atoms with van der Waals surface area (Å²) in [5.41, 5.74) is 8.66. The first-order valence-electron chi connectivity index (χ1n) is 7.06. The lowest BCUT2D eigenvalue weighted by Gasteiger charge is -2.08. The molecule has 0 fully saturated rings. The van der Waals surface area contributed by atoms with Crippen LogP contribution in [-0.4, -0.2) is 15.3 Å². The molecule has 1 aromatic heterocycles. The number of benzene rings is 2. The fourth-order valence-electron chi connectivity index (χ4n) is 2.45. The van der Waals surface area contributed by atoms with E-state index in [0.29, 0.717) is 30.0 Å². The quantitative estimate of drug-likeness (QED) is 0.751. The predicted molar refractivity (Wildman–Crippen MR) is 84.8 cm³/mol. The molecule has 0 spiro atoms. The Labute approximate surface area is 127 Å². The molecular weight excluding hydrogens is 281 g/mol. The predicted octanol–water partition coefficient (Wildman–Crippen LogP) is 3.40. The Bertz CT molecular complexity index is 837. The normalized spacial score (nSPS) is 11.0. The second-order valence-electron chi connectivity index (χ2n) is 5.29. The number of rotatable bonds is 4. The Kier molecular flexibility index (Phi) is 3.63. The van der Waals surface area contributed by atoms with Gasteiger partial charge in [-0.25, -0.2) is 9.37 Å². The fourth-order valence-corrected chi connectivity index (χ4v) is 2.45. The first kappa shape index (κ1) is 14.3. The van der Waals surface area contributed by atoms with Crippen molar-refractivity contribution in [2.75, 3.05) is 5.73 Å². The summed E-state index contributed by atoms with van der Waals surface area (Å²) >= 11 is 0. The largest absolute Gasteiger partial charge is 0.399 e. The van der Waals surface area contributed by atoms with Gasteiger partial charge in [0.05, 0.1) is 11.0 Å². The van der Waals surface area contributed by atoms with Crippen molar-refractivity contribution < 1.29 is 9.18 Å². The van der Waals surface area contributed by atoms with Gasteiger partial charge in [0.15, 0.2) is 0 Å². The lowest BCUT2D eigenvalue weighted by Crippen LogP contribution is -2.04. The molecule has 0 saturated carbocycles. The topological polar surface area (TPSA) is 60.9 Å². The number of carbonyl (C=O) groups excluding carboxylic acids is 1. The number of aromatic nitrogens is 2. The van der Waals surface area contributed by atoms with Crippen LogP contribution < -0.4 is 5.73 Å². The minimum Gasteiger partial charge on any atom is -0.399 e. The van der Waals surface area contributed by atoms with Crippen molar-refractivity contribution in [1.82, 2.24) is 9.55 Å². The van der Waals surface area contributed by atoms with E-state index in [4.69, 9.17) is 5.73 Å². The van der Waals surface area contributed by atoms with E-state index < -0.39 is 0 Å². The van der Waals surface area contributed by atoms with Gasteiger partial charge in [-0.05, 0) is 43.3 Å². The SMILES string of the molecule is CC(=O)CCn1c(-c2ccc(N)cc2)nc2cc(F)ccc21. The van der Waals surface area contributed by atoms with Crippen LogP contribution in [0.1, 0.15) is 13.3 Å². The summed E-state index contributed by atoms with van der Waals surface area (Å²) < 4.78 is 15.4. The zero-order valence-electron chi connectivity index (χ0n) is 12.2. The van der Waals surface area contributed by atoms with Crippen molar-refractivity contribution in [3.05, 3.63) is 48.3 Å². The Hall–Kier alpha value is -2.69. The average molecular weight is 297 g/mol. The van der Waals surface area contributed by atoms with Crippen molar-refractivity contribution in [1.29, 1.82) is 0 Å². The number of aryl methyl sites for hydroxylation is 1. The Morgan fingerprint density at radius 3 is 2.64 bits per heavy atom. The number of imidazole rings is 1. The van der Waals surface area contributed by atoms with E-state index in [0.717, 1.165) is 11.1 Å². The number of ketones is 1. The molecule has 0 saturated heterocycles. The molecular formula is C17H16FN3O. The number of carbonyl (C=O) groups is 1. The Morgan fingerprint density at radius 1 is 1.23 bits per heavy atom. The van der Waals surface area contributed by atoms with E-state index in [1.807, 2.05) is 16.7 Å². The maximum absolute atomic E-state index is 13.4. The summed E-state index contributed by atoms with van der Waals surface area (Å²) in [5.74, 6) is 0.488. The van der Waals surface area contributed by atoms with Gasteiger partial charge in [-0.2, -0.15) is 0 Å². The second kappa shape index (κ2) is 5.60. The van der Waals surface area contributed by atoms with Crippen molar-refractivity contribution in [2.45, 2.75) is 19.9 Å². The molecule has 0 radical (unpaired) electrons. The number of nitrogens with two attached hydrogens (primary N) is 1. The van der Waals surface area contributed by atoms with Crippen molar-refractivity contribution in [2.24, 2.45) is 0 Å². The number of hydrogen-bond acceptors (Lipinski definition) is 3. The maximum atomic E-state index is 13.4. The molecule has 5 heteroatoms. The number of nitrogen functional groups attached to an aromatic ring is 1. The molecule has 0 aliphatic rings. The summed E-state index contributed by atoms with van der Waals surface area (Å²) in [6.07, 6.45) is 0.408. The van der Waals surface area contributed by atoms with E-state index in [1.54, 1.807) is 25.1 Å². The number of anilines is 1. The van der Waals surface area contributed by atoms with Crippen molar-refractivity contribution in [3.8, 4) is 11.4 Å². The van der Waals surface area contributed by atoms with Gasteiger partial charge < -0.3 is 10.3 Å². The third-order valence-electron chi connectivity index (χ3n) is 3.57. The number of hydrogen-bond donors (Lipinski definition) is 1. The van der Waals surface area contributed by atoms with Crippen molar-refractivity contribution >= 4 is 22.5 Å². The monoisotopic (exact) mass is 297 g/mol. The molecule has 0 atom stereocenters. The molecule has 3 aromatic rings. The number of fused-ring (bicyclic) bond motifs is 1. The van der Waals surface area contributed by atoms with Gasteiger partial charge in [0.25, 0.3) is 0 Å². The lowest BCUT2D eigenvalue weighted by molar-refractivity contribution is -0.117. The first-order valence-corrected chi connectivity index (χ1v) is 7.06. The molecule has 2 aromatic carbocycles. The van der Waals surface area contributed by atoms with Crippen LogP contribution in [0.5, 0.6) is 0 Å². The van der Waals surface area contributed by atoms with Gasteiger partial charge in [-0.3, -0.25) is 4.79 Å². The third-order valence-corrected chi connectivity index (χ3v) is 3.57. The third kappa shape index (κ3) is 2.70. The average Bonchev–Trinajstić information content (AvgIpc) is 2.83. The number of nitrogens with zero attached hydrogens (tertiary/aromatic N) is 2. The van der Waals surface area contributed by atoms with Crippen LogP contribution in [0.25, 0.3) is 22.4 Å². The van der Waals surface area contributed by atoms with Gasteiger partial charge in [-0.1, -0.05) is 0 Å². The van der Waals surface area contributed by atoms with Gasteiger partial charge in [0, 0.05) is 30.3 Å². The molecule has 0 aliphatic heterocycles. The zero-order chi connectivity index (χ0) is 15.7. The van der Waals surface area contributed by atoms with Crippen LogP contribution in [0.2, 0.25) is 0 Å². The van der Waals surface area contributed by atoms with E-state index in [1.165, 1.54) is 12.1 Å². The van der Waals surface area contributed by atoms with Crippen LogP contribution in [-0.2, 0) is 11.3 Å². The van der Waals surface area contributed by atoms with Crippen LogP contribution in [0.4, 0.5) is 10.1 Å². The molecule has 0 bridgehead atoms. The van der Waals surface area contributed by atoms with Crippen LogP contribution in [0.3, 0.4) is 0 Å². The van der Waals surface area contributed by atoms with Gasteiger partial charge in [0.2, 0.25) is 0 Å². The molecule has 4 nitrogen and oxygen atoms in total. The standard InChI is InChI=1S/C17H16FN3O/c1-11(22)8-9-21-16-7-4-13(18)10-15(16)20-17(21)12-2-5-14(19)6-3-12/h2-7,10H,8-9,19H2,1H3. The van der Waals surface area contributed by atoms with Gasteiger partial charge >= 0.3 is 0 Å². The highest BCUT2D eigenvalue weighted by Crippen LogP contribution is 2.26. The molecule has 0 amide bonds. The van der Waals surface area contributed by atoms with E-state index >= 15 is 0 Å². The molecule has 0 aliphatic carbocycles. The van der Waals surface area contributed by atoms with Crippen LogP contribution >= 0.6 is 0 Å². The van der Waals surface area contributed by atoms with Crippen LogP contribution in [0, 0.1) is 5.82 Å². The highest BCUT2D eigenvalue weighted by Gasteiger charge is 2.13. The summed E-state index contributed by atoms with van der Waals surface area (Å²) in [6.45, 7) is 2.07. The molecule has 112 valence electrons. The summed E-state index contributed by atoms with van der Waals surface area (Å²) in [7, 11) is 0. The van der Waals surface area contributed by atoms with E-state index in [2.05, 4.69) is 4.98 Å². The maximum Gasteiger partial charge on any atom is 0.141 e. The lowest BCUT2D eigenvalue weighted by atomic mass is 10.2. The molecule has 0 unspecified atom stereocenters. The second-order valence-corrected chi connectivity index (χ2v) is 5.29. The summed E-state index contributed by atoms with van der Waals surface area (Å²) in [6, 6.07) is 11.8. The van der Waals surface area contributed by atoms with Gasteiger partial charge in [-0.15, -0.1) is 0 Å². The molecule has 3 rings (SSSR count). The minimum absolute atomic E-state index is 0.104. The fraction of sp³-hybridized carbons (Fsp3) is 0.176.